The molecule has 5 heteroatoms. The minimum absolute atomic E-state index is 0.0136. The van der Waals surface area contributed by atoms with E-state index in [0.717, 1.165) is 36.9 Å². The largest absolute Gasteiger partial charge is 0.378 e. The van der Waals surface area contributed by atoms with Crippen molar-refractivity contribution in [1.82, 2.24) is 4.90 Å². The van der Waals surface area contributed by atoms with Crippen LogP contribution in [0.15, 0.2) is 54.6 Å². The smallest absolute Gasteiger partial charge is 0.259 e. The lowest BCUT2D eigenvalue weighted by molar-refractivity contribution is -0.138. The van der Waals surface area contributed by atoms with Crippen molar-refractivity contribution in [1.29, 1.82) is 0 Å². The number of hydrogen-bond donors (Lipinski definition) is 0. The third-order valence-electron chi connectivity index (χ3n) is 6.74. The van der Waals surface area contributed by atoms with Crippen LogP contribution >= 0.6 is 0 Å². The highest BCUT2D eigenvalue weighted by Crippen LogP contribution is 2.52. The molecule has 1 atom stereocenters. The maximum Gasteiger partial charge on any atom is 0.259 e. The van der Waals surface area contributed by atoms with Crippen LogP contribution in [0.3, 0.4) is 0 Å². The molecule has 150 valence electrons. The first-order chi connectivity index (χ1) is 14.2. The second-order valence-electron chi connectivity index (χ2n) is 8.24. The van der Waals surface area contributed by atoms with Gasteiger partial charge in [0.25, 0.3) is 5.91 Å². The van der Waals surface area contributed by atoms with Crippen LogP contribution in [-0.2, 0) is 9.53 Å². The van der Waals surface area contributed by atoms with Gasteiger partial charge in [-0.25, -0.2) is 0 Å². The van der Waals surface area contributed by atoms with Gasteiger partial charge in [-0.3, -0.25) is 9.59 Å². The molecule has 2 aromatic carbocycles. The van der Waals surface area contributed by atoms with Crippen molar-refractivity contribution in [2.45, 2.75) is 37.1 Å². The number of benzene rings is 2. The van der Waals surface area contributed by atoms with E-state index >= 15 is 0 Å². The van der Waals surface area contributed by atoms with Gasteiger partial charge >= 0.3 is 0 Å². The molecule has 0 bridgehead atoms. The molecule has 0 aromatic heterocycles. The summed E-state index contributed by atoms with van der Waals surface area (Å²) in [6, 6.07) is 17.6. The standard InChI is InChI=1S/C24H26N2O3/c27-22-20-11-5-4-10-19(20)21(23(28)25-14-16-29-17-15-25)24(12-6-7-13-24)26(22)18-8-2-1-3-9-18/h1-5,8-11,21H,6-7,12-17H2. The van der Waals surface area contributed by atoms with Gasteiger partial charge in [-0.15, -0.1) is 0 Å². The third-order valence-corrected chi connectivity index (χ3v) is 6.74. The topological polar surface area (TPSA) is 49.9 Å². The number of para-hydroxylation sites is 1. The highest BCUT2D eigenvalue weighted by molar-refractivity contribution is 6.12. The Kier molecular flexibility index (Phi) is 4.63. The van der Waals surface area contributed by atoms with E-state index in [2.05, 4.69) is 0 Å². The number of anilines is 1. The number of carbonyl (C=O) groups excluding carboxylic acids is 2. The van der Waals surface area contributed by atoms with Crippen molar-refractivity contribution in [3.8, 4) is 0 Å². The molecule has 2 aromatic rings. The molecule has 1 saturated heterocycles. The van der Waals surface area contributed by atoms with E-state index in [0.29, 0.717) is 31.9 Å². The molecule has 0 N–H and O–H groups in total. The predicted octanol–water partition coefficient (Wildman–Crippen LogP) is 3.60. The van der Waals surface area contributed by atoms with E-state index in [-0.39, 0.29) is 17.7 Å². The average Bonchev–Trinajstić information content (AvgIpc) is 3.24. The summed E-state index contributed by atoms with van der Waals surface area (Å²) in [5.41, 5.74) is 1.93. The van der Waals surface area contributed by atoms with Gasteiger partial charge in [0, 0.05) is 24.3 Å². The van der Waals surface area contributed by atoms with Gasteiger partial charge in [-0.05, 0) is 36.6 Å². The Balaban J connectivity index is 1.69. The molecule has 2 fully saturated rings. The van der Waals surface area contributed by atoms with E-state index in [1.165, 1.54) is 0 Å². The summed E-state index contributed by atoms with van der Waals surface area (Å²) in [6.45, 7) is 2.39. The summed E-state index contributed by atoms with van der Waals surface area (Å²) in [5.74, 6) is -0.187. The van der Waals surface area contributed by atoms with Crippen LogP contribution in [0.4, 0.5) is 5.69 Å². The molecular weight excluding hydrogens is 364 g/mol. The van der Waals surface area contributed by atoms with Gasteiger partial charge in [0.15, 0.2) is 0 Å². The van der Waals surface area contributed by atoms with Crippen molar-refractivity contribution in [2.24, 2.45) is 0 Å². The molecule has 5 rings (SSSR count). The van der Waals surface area contributed by atoms with Gasteiger partial charge < -0.3 is 14.5 Å². The zero-order valence-electron chi connectivity index (χ0n) is 16.5. The van der Waals surface area contributed by atoms with Crippen LogP contribution in [0, 0.1) is 0 Å². The molecule has 1 spiro atoms. The van der Waals surface area contributed by atoms with Crippen LogP contribution < -0.4 is 4.90 Å². The number of nitrogens with zero attached hydrogens (tertiary/aromatic N) is 2. The molecule has 2 amide bonds. The zero-order valence-corrected chi connectivity index (χ0v) is 16.5. The van der Waals surface area contributed by atoms with Gasteiger partial charge in [-0.2, -0.15) is 0 Å². The second-order valence-corrected chi connectivity index (χ2v) is 8.24. The molecule has 1 aliphatic carbocycles. The molecule has 2 heterocycles. The Morgan fingerprint density at radius 2 is 1.59 bits per heavy atom. The lowest BCUT2D eigenvalue weighted by Crippen LogP contribution is -2.62. The summed E-state index contributed by atoms with van der Waals surface area (Å²) in [4.78, 5) is 31.5. The molecule has 29 heavy (non-hydrogen) atoms. The SMILES string of the molecule is O=C(C1c2ccccc2C(=O)N(c2ccccc2)C12CCCC2)N1CCOCC1. The minimum atomic E-state index is -0.498. The first-order valence-electron chi connectivity index (χ1n) is 10.6. The number of hydrogen-bond acceptors (Lipinski definition) is 3. The van der Waals surface area contributed by atoms with Gasteiger partial charge in [0.2, 0.25) is 5.91 Å². The van der Waals surface area contributed by atoms with E-state index in [1.807, 2.05) is 64.4 Å². The Hall–Kier alpha value is -2.66. The van der Waals surface area contributed by atoms with Crippen molar-refractivity contribution in [3.05, 3.63) is 65.7 Å². The normalized spacial score (nSPS) is 23.3. The van der Waals surface area contributed by atoms with Gasteiger partial charge in [0.1, 0.15) is 0 Å². The van der Waals surface area contributed by atoms with Crippen LogP contribution in [0.25, 0.3) is 0 Å². The average molecular weight is 390 g/mol. The Bertz CT molecular complexity index is 915. The Morgan fingerprint density at radius 3 is 2.31 bits per heavy atom. The number of morpholine rings is 1. The zero-order chi connectivity index (χ0) is 19.8. The van der Waals surface area contributed by atoms with Crippen molar-refractivity contribution >= 4 is 17.5 Å². The Labute approximate surface area is 171 Å². The molecular formula is C24H26N2O3. The fraction of sp³-hybridized carbons (Fsp3) is 0.417. The number of ether oxygens (including phenoxy) is 1. The van der Waals surface area contributed by atoms with Gasteiger partial charge in [0.05, 0.1) is 24.7 Å². The molecule has 1 saturated carbocycles. The van der Waals surface area contributed by atoms with Crippen LogP contribution in [0.5, 0.6) is 0 Å². The Morgan fingerprint density at radius 1 is 0.931 bits per heavy atom. The summed E-state index contributed by atoms with van der Waals surface area (Å²) >= 11 is 0. The third kappa shape index (κ3) is 2.87. The van der Waals surface area contributed by atoms with Crippen molar-refractivity contribution in [3.63, 3.8) is 0 Å². The van der Waals surface area contributed by atoms with E-state index in [9.17, 15) is 9.59 Å². The van der Waals surface area contributed by atoms with E-state index in [4.69, 9.17) is 4.74 Å². The van der Waals surface area contributed by atoms with Crippen LogP contribution in [0.1, 0.15) is 47.5 Å². The highest BCUT2D eigenvalue weighted by atomic mass is 16.5. The predicted molar refractivity (Wildman–Crippen MR) is 111 cm³/mol. The highest BCUT2D eigenvalue weighted by Gasteiger charge is 2.56. The lowest BCUT2D eigenvalue weighted by Gasteiger charge is -2.51. The molecule has 5 nitrogen and oxygen atoms in total. The lowest BCUT2D eigenvalue weighted by atomic mass is 9.70. The summed E-state index contributed by atoms with van der Waals surface area (Å²) in [6.07, 6.45) is 3.77. The first kappa shape index (κ1) is 18.4. The molecule has 0 radical (unpaired) electrons. The molecule has 2 aliphatic heterocycles. The maximum atomic E-state index is 13.9. The molecule has 3 aliphatic rings. The summed E-state index contributed by atoms with van der Waals surface area (Å²) < 4.78 is 5.47. The van der Waals surface area contributed by atoms with E-state index in [1.54, 1.807) is 0 Å². The summed E-state index contributed by atoms with van der Waals surface area (Å²) in [5, 5.41) is 0. The maximum absolute atomic E-state index is 13.9. The first-order valence-corrected chi connectivity index (χ1v) is 10.6. The summed E-state index contributed by atoms with van der Waals surface area (Å²) in [7, 11) is 0. The number of fused-ring (bicyclic) bond motifs is 1. The van der Waals surface area contributed by atoms with Crippen molar-refractivity contribution in [2.75, 3.05) is 31.2 Å². The molecule has 1 unspecified atom stereocenters. The van der Waals surface area contributed by atoms with Gasteiger partial charge in [-0.1, -0.05) is 49.2 Å². The fourth-order valence-electron chi connectivity index (χ4n) is 5.46. The van der Waals surface area contributed by atoms with Crippen LogP contribution in [0.2, 0.25) is 0 Å². The number of amides is 2. The fourth-order valence-corrected chi connectivity index (χ4v) is 5.46. The second kappa shape index (κ2) is 7.30. The quantitative estimate of drug-likeness (QED) is 0.787. The van der Waals surface area contributed by atoms with Crippen LogP contribution in [-0.4, -0.2) is 48.6 Å². The monoisotopic (exact) mass is 390 g/mol. The minimum Gasteiger partial charge on any atom is -0.378 e. The number of rotatable bonds is 2. The van der Waals surface area contributed by atoms with Crippen molar-refractivity contribution < 1.29 is 14.3 Å². The number of carbonyl (C=O) groups is 2. The van der Waals surface area contributed by atoms with E-state index < -0.39 is 5.54 Å².